The topological polar surface area (TPSA) is 115 Å². The monoisotopic (exact) mass is 587 g/mol. The molecule has 234 valence electrons. The zero-order chi connectivity index (χ0) is 30.5. The van der Waals surface area contributed by atoms with Gasteiger partial charge in [-0.2, -0.15) is 0 Å². The van der Waals surface area contributed by atoms with Gasteiger partial charge < -0.3 is 29.6 Å². The first-order valence-corrected chi connectivity index (χ1v) is 15.4. The predicted octanol–water partition coefficient (Wildman–Crippen LogP) is 5.30. The minimum Gasteiger partial charge on any atom is -0.496 e. The zero-order valence-electron chi connectivity index (χ0n) is 26.1. The van der Waals surface area contributed by atoms with Crippen molar-refractivity contribution in [3.8, 4) is 5.75 Å². The molecule has 0 bridgehead atoms. The van der Waals surface area contributed by atoms with Crippen LogP contribution >= 0.6 is 0 Å². The Hall–Kier alpha value is -3.11. The molecule has 0 radical (unpaired) electrons. The number of fused-ring (bicyclic) bond motifs is 1. The van der Waals surface area contributed by atoms with Gasteiger partial charge in [0, 0.05) is 43.2 Å². The molecule has 1 aromatic rings. The minimum atomic E-state index is -0.456. The van der Waals surface area contributed by atoms with E-state index in [1.807, 2.05) is 26.8 Å². The van der Waals surface area contributed by atoms with Gasteiger partial charge >= 0.3 is 18.0 Å². The first-order chi connectivity index (χ1) is 20.3. The van der Waals surface area contributed by atoms with E-state index in [0.29, 0.717) is 42.0 Å². The van der Waals surface area contributed by atoms with Crippen molar-refractivity contribution >= 4 is 23.7 Å². The average Bonchev–Trinajstić information content (AvgIpc) is 3.38. The highest BCUT2D eigenvalue weighted by atomic mass is 16.5. The number of anilines is 1. The van der Waals surface area contributed by atoms with E-state index < -0.39 is 5.97 Å². The Morgan fingerprint density at radius 1 is 1.14 bits per heavy atom. The highest BCUT2D eigenvalue weighted by Crippen LogP contribution is 2.41. The smallest absolute Gasteiger partial charge is 0.341 e. The number of benzene rings is 1. The molecule has 2 N–H and O–H groups in total. The lowest BCUT2D eigenvalue weighted by molar-refractivity contribution is -0.143. The Morgan fingerprint density at radius 2 is 1.90 bits per heavy atom. The molecular weight excluding hydrogens is 538 g/mol. The summed E-state index contributed by atoms with van der Waals surface area (Å²) in [5, 5.41) is 6.02. The fourth-order valence-corrected chi connectivity index (χ4v) is 5.40. The molecule has 0 saturated carbocycles. The number of esters is 2. The van der Waals surface area contributed by atoms with E-state index in [0.717, 1.165) is 81.7 Å². The van der Waals surface area contributed by atoms with Crippen LogP contribution in [0.1, 0.15) is 92.8 Å². The Morgan fingerprint density at radius 3 is 2.60 bits per heavy atom. The van der Waals surface area contributed by atoms with Crippen molar-refractivity contribution in [2.75, 3.05) is 51.9 Å². The number of allylic oxidation sites excluding steroid dienone is 2. The van der Waals surface area contributed by atoms with Gasteiger partial charge in [0.05, 0.1) is 38.2 Å². The molecule has 0 spiro atoms. The van der Waals surface area contributed by atoms with Crippen LogP contribution in [-0.2, 0) is 32.0 Å². The molecule has 1 fully saturated rings. The Kier molecular flexibility index (Phi) is 13.6. The van der Waals surface area contributed by atoms with Crippen molar-refractivity contribution in [3.05, 3.63) is 33.9 Å². The number of cyclic esters (lactones) is 1. The largest absolute Gasteiger partial charge is 0.496 e. The maximum absolute atomic E-state index is 13.1. The summed E-state index contributed by atoms with van der Waals surface area (Å²) in [6.07, 6.45) is 7.85. The number of hydrogen-bond acceptors (Lipinski definition) is 8. The summed E-state index contributed by atoms with van der Waals surface area (Å²) in [4.78, 5) is 40.6. The van der Waals surface area contributed by atoms with Crippen LogP contribution in [-0.4, -0.2) is 75.5 Å². The summed E-state index contributed by atoms with van der Waals surface area (Å²) in [5.41, 5.74) is 4.05. The number of carbonyl (C=O) groups excluding carboxylic acids is 3. The average molecular weight is 588 g/mol. The lowest BCUT2D eigenvalue weighted by Crippen LogP contribution is -2.38. The summed E-state index contributed by atoms with van der Waals surface area (Å²) >= 11 is 0. The molecule has 1 aromatic carbocycles. The standard InChI is InChI=1S/C32H49N3O7/c1-6-8-10-24(7-2)33-32(38)34-29-25(30(39-5)23(4)26-21-42-31(37)28(26)29)13-11-22(3)12-14-27(36)41-18-9-15-35-16-19-40-20-17-35/h11,24H,6-10,12-21H2,1-5H3,(H2,33,34,38). The van der Waals surface area contributed by atoms with Crippen LogP contribution in [0, 0.1) is 6.92 Å². The number of ether oxygens (including phenoxy) is 4. The van der Waals surface area contributed by atoms with E-state index in [1.165, 1.54) is 0 Å². The number of nitrogens with zero attached hydrogens (tertiary/aromatic N) is 1. The van der Waals surface area contributed by atoms with Crippen LogP contribution in [0.15, 0.2) is 11.6 Å². The van der Waals surface area contributed by atoms with Crippen LogP contribution in [0.25, 0.3) is 0 Å². The summed E-state index contributed by atoms with van der Waals surface area (Å²) in [5.74, 6) is -0.0579. The quantitative estimate of drug-likeness (QED) is 0.152. The number of morpholine rings is 1. The summed E-state index contributed by atoms with van der Waals surface area (Å²) in [6.45, 7) is 12.9. The van der Waals surface area contributed by atoms with E-state index in [9.17, 15) is 14.4 Å². The Bertz CT molecular complexity index is 1110. The second-order valence-electron chi connectivity index (χ2n) is 11.1. The number of hydrogen-bond donors (Lipinski definition) is 2. The first kappa shape index (κ1) is 33.4. The molecule has 2 aliphatic rings. The number of unbranched alkanes of at least 4 members (excludes halogenated alkanes) is 1. The number of nitrogens with one attached hydrogen (secondary N) is 2. The van der Waals surface area contributed by atoms with Gasteiger partial charge in [0.1, 0.15) is 12.4 Å². The molecule has 0 aromatic heterocycles. The number of methoxy groups -OCH3 is 1. The third-order valence-corrected chi connectivity index (χ3v) is 8.01. The molecule has 42 heavy (non-hydrogen) atoms. The van der Waals surface area contributed by atoms with Crippen LogP contribution in [0.5, 0.6) is 5.75 Å². The molecule has 2 heterocycles. The normalized spacial score (nSPS) is 16.0. The Labute approximate surface area is 250 Å². The molecule has 2 aliphatic heterocycles. The Balaban J connectivity index is 1.66. The summed E-state index contributed by atoms with van der Waals surface area (Å²) in [7, 11) is 1.59. The van der Waals surface area contributed by atoms with Crippen molar-refractivity contribution in [1.29, 1.82) is 0 Å². The zero-order valence-corrected chi connectivity index (χ0v) is 26.1. The molecule has 1 unspecified atom stereocenters. The number of carbonyl (C=O) groups is 3. The second kappa shape index (κ2) is 17.1. The van der Waals surface area contributed by atoms with Crippen molar-refractivity contribution in [2.45, 2.75) is 91.7 Å². The minimum absolute atomic E-state index is 0.0435. The third-order valence-electron chi connectivity index (χ3n) is 8.01. The summed E-state index contributed by atoms with van der Waals surface area (Å²) < 4.78 is 22.0. The van der Waals surface area contributed by atoms with Gasteiger partial charge in [-0.1, -0.05) is 38.3 Å². The molecule has 10 heteroatoms. The van der Waals surface area contributed by atoms with Crippen LogP contribution < -0.4 is 15.4 Å². The van der Waals surface area contributed by atoms with Gasteiger partial charge in [-0.25, -0.2) is 9.59 Å². The van der Waals surface area contributed by atoms with E-state index >= 15 is 0 Å². The summed E-state index contributed by atoms with van der Waals surface area (Å²) in [6, 6.07) is -0.314. The maximum Gasteiger partial charge on any atom is 0.341 e. The lowest BCUT2D eigenvalue weighted by Gasteiger charge is -2.26. The number of rotatable bonds is 16. The lowest BCUT2D eigenvalue weighted by atomic mass is 9.93. The van der Waals surface area contributed by atoms with Gasteiger partial charge in [-0.05, 0) is 51.5 Å². The van der Waals surface area contributed by atoms with Crippen molar-refractivity contribution in [3.63, 3.8) is 0 Å². The van der Waals surface area contributed by atoms with Gasteiger partial charge in [-0.3, -0.25) is 9.69 Å². The van der Waals surface area contributed by atoms with Crippen LogP contribution in [0.4, 0.5) is 10.5 Å². The van der Waals surface area contributed by atoms with Gasteiger partial charge in [0.15, 0.2) is 0 Å². The molecule has 3 rings (SSSR count). The third kappa shape index (κ3) is 9.46. The molecule has 1 atom stereocenters. The van der Waals surface area contributed by atoms with Crippen LogP contribution in [0.3, 0.4) is 0 Å². The van der Waals surface area contributed by atoms with E-state index in [-0.39, 0.29) is 31.1 Å². The highest BCUT2D eigenvalue weighted by molar-refractivity contribution is 6.05. The second-order valence-corrected chi connectivity index (χ2v) is 11.1. The van der Waals surface area contributed by atoms with Gasteiger partial charge in [-0.15, -0.1) is 0 Å². The molecule has 0 aliphatic carbocycles. The molecular formula is C32H49N3O7. The molecule has 2 amide bonds. The van der Waals surface area contributed by atoms with Crippen LogP contribution in [0.2, 0.25) is 0 Å². The molecule has 10 nitrogen and oxygen atoms in total. The number of urea groups is 1. The van der Waals surface area contributed by atoms with E-state index in [4.69, 9.17) is 18.9 Å². The highest BCUT2D eigenvalue weighted by Gasteiger charge is 2.33. The molecule has 1 saturated heterocycles. The SMILES string of the molecule is CCCCC(CC)NC(=O)Nc1c(CC=C(C)CCC(=O)OCCCN2CCOCC2)c(OC)c(C)c2c1C(=O)OC2. The van der Waals surface area contributed by atoms with E-state index in [1.54, 1.807) is 7.11 Å². The fraction of sp³-hybridized carbons (Fsp3) is 0.656. The number of amides is 2. The van der Waals surface area contributed by atoms with Crippen molar-refractivity contribution < 1.29 is 33.3 Å². The van der Waals surface area contributed by atoms with Gasteiger partial charge in [0.2, 0.25) is 0 Å². The maximum atomic E-state index is 13.1. The van der Waals surface area contributed by atoms with E-state index in [2.05, 4.69) is 22.5 Å². The predicted molar refractivity (Wildman–Crippen MR) is 162 cm³/mol. The van der Waals surface area contributed by atoms with Crippen molar-refractivity contribution in [1.82, 2.24) is 10.2 Å². The van der Waals surface area contributed by atoms with Gasteiger partial charge in [0.25, 0.3) is 0 Å². The van der Waals surface area contributed by atoms with Crippen molar-refractivity contribution in [2.24, 2.45) is 0 Å². The first-order valence-electron chi connectivity index (χ1n) is 15.4. The fourth-order valence-electron chi connectivity index (χ4n) is 5.40.